The Morgan fingerprint density at radius 1 is 1.06 bits per heavy atom. The van der Waals surface area contributed by atoms with E-state index in [9.17, 15) is 13.2 Å². The summed E-state index contributed by atoms with van der Waals surface area (Å²) in [4.78, 5) is 12.8. The van der Waals surface area contributed by atoms with E-state index in [4.69, 9.17) is 4.74 Å². The van der Waals surface area contributed by atoms with Gasteiger partial charge in [-0.3, -0.25) is 0 Å². The molecule has 0 aliphatic carbocycles. The number of hydrogen-bond donors (Lipinski definition) is 0. The molecule has 0 bridgehead atoms. The molecule has 3 aromatic rings. The highest BCUT2D eigenvalue weighted by molar-refractivity contribution is 7.89. The van der Waals surface area contributed by atoms with E-state index < -0.39 is 16.0 Å². The molecule has 0 saturated carbocycles. The molecule has 0 radical (unpaired) electrons. The fourth-order valence-electron chi connectivity index (χ4n) is 3.79. The van der Waals surface area contributed by atoms with E-state index in [2.05, 4.69) is 0 Å². The van der Waals surface area contributed by atoms with Gasteiger partial charge in [0.1, 0.15) is 9.77 Å². The van der Waals surface area contributed by atoms with Crippen LogP contribution >= 0.6 is 11.3 Å². The average Bonchev–Trinajstić information content (AvgIpc) is 3.27. The highest BCUT2D eigenvalue weighted by atomic mass is 32.2. The van der Waals surface area contributed by atoms with Crippen LogP contribution in [0, 0.1) is 6.92 Å². The first-order valence-electron chi connectivity index (χ1n) is 10.5. The minimum atomic E-state index is -3.91. The van der Waals surface area contributed by atoms with Crippen LogP contribution in [0.2, 0.25) is 0 Å². The second kappa shape index (κ2) is 9.40. The van der Waals surface area contributed by atoms with E-state index in [-0.39, 0.29) is 22.9 Å². The molecule has 4 rings (SSSR count). The number of sulfonamides is 1. The normalized spacial score (nSPS) is 14.8. The van der Waals surface area contributed by atoms with Gasteiger partial charge in [0.25, 0.3) is 0 Å². The van der Waals surface area contributed by atoms with Crippen molar-refractivity contribution in [2.75, 3.05) is 19.7 Å². The van der Waals surface area contributed by atoms with E-state index in [0.29, 0.717) is 18.5 Å². The molecule has 0 N–H and O–H groups in total. The Morgan fingerprint density at radius 3 is 2.41 bits per heavy atom. The molecule has 7 heteroatoms. The zero-order chi connectivity index (χ0) is 22.7. The number of esters is 1. The summed E-state index contributed by atoms with van der Waals surface area (Å²) in [6.07, 6.45) is 2.57. The van der Waals surface area contributed by atoms with E-state index >= 15 is 0 Å². The topological polar surface area (TPSA) is 63.7 Å². The second-order valence-electron chi connectivity index (χ2n) is 7.60. The number of ether oxygens (including phenoxy) is 1. The van der Waals surface area contributed by atoms with Gasteiger partial charge in [-0.05, 0) is 37.0 Å². The first kappa shape index (κ1) is 22.5. The summed E-state index contributed by atoms with van der Waals surface area (Å²) < 4.78 is 34.2. The van der Waals surface area contributed by atoms with Crippen molar-refractivity contribution in [3.05, 3.63) is 82.1 Å². The molecule has 0 saturated heterocycles. The maximum atomic E-state index is 13.8. The number of hydrogen-bond acceptors (Lipinski definition) is 5. The summed E-state index contributed by atoms with van der Waals surface area (Å²) in [6.45, 7) is 4.49. The Morgan fingerprint density at radius 2 is 1.78 bits per heavy atom. The lowest BCUT2D eigenvalue weighted by Gasteiger charge is -2.26. The average molecular weight is 468 g/mol. The van der Waals surface area contributed by atoms with Crippen LogP contribution in [0.5, 0.6) is 0 Å². The molecule has 1 aromatic heterocycles. The van der Waals surface area contributed by atoms with Crippen molar-refractivity contribution in [1.29, 1.82) is 0 Å². The van der Waals surface area contributed by atoms with Gasteiger partial charge in [0, 0.05) is 24.0 Å². The van der Waals surface area contributed by atoms with Crippen LogP contribution in [0.15, 0.2) is 70.9 Å². The Hall–Kier alpha value is -2.74. The molecular formula is C25H25NO4S2. The molecule has 1 aliphatic rings. The summed E-state index contributed by atoms with van der Waals surface area (Å²) in [6, 6.07) is 17.6. The van der Waals surface area contributed by atoms with Crippen LogP contribution in [-0.4, -0.2) is 38.4 Å². The minimum absolute atomic E-state index is 0.0429. The molecule has 166 valence electrons. The summed E-state index contributed by atoms with van der Waals surface area (Å²) >= 11 is 1.12. The zero-order valence-corrected chi connectivity index (χ0v) is 19.7. The summed E-state index contributed by atoms with van der Waals surface area (Å²) in [5, 5.41) is 1.74. The van der Waals surface area contributed by atoms with Gasteiger partial charge < -0.3 is 4.74 Å². The lowest BCUT2D eigenvalue weighted by atomic mass is 10.0. The lowest BCUT2D eigenvalue weighted by Crippen LogP contribution is -2.35. The quantitative estimate of drug-likeness (QED) is 0.457. The monoisotopic (exact) mass is 467 g/mol. The zero-order valence-electron chi connectivity index (χ0n) is 18.1. The molecule has 0 spiro atoms. The maximum Gasteiger partial charge on any atom is 0.349 e. The Kier molecular flexibility index (Phi) is 6.60. The third-order valence-corrected chi connectivity index (χ3v) is 8.52. The van der Waals surface area contributed by atoms with Crippen molar-refractivity contribution in [2.24, 2.45) is 0 Å². The van der Waals surface area contributed by atoms with Gasteiger partial charge in [-0.2, -0.15) is 4.31 Å². The summed E-state index contributed by atoms with van der Waals surface area (Å²) in [7, 11) is -3.91. The van der Waals surface area contributed by atoms with E-state index in [0.717, 1.165) is 33.6 Å². The van der Waals surface area contributed by atoms with E-state index in [1.807, 2.05) is 67.6 Å². The molecule has 1 aliphatic heterocycles. The van der Waals surface area contributed by atoms with Crippen LogP contribution < -0.4 is 0 Å². The van der Waals surface area contributed by atoms with E-state index in [1.165, 1.54) is 4.31 Å². The van der Waals surface area contributed by atoms with Gasteiger partial charge in [-0.15, -0.1) is 11.3 Å². The van der Waals surface area contributed by atoms with Gasteiger partial charge in [0.05, 0.1) is 6.61 Å². The number of benzene rings is 2. The summed E-state index contributed by atoms with van der Waals surface area (Å²) in [5.41, 5.74) is 4.61. The fraction of sp³-hybridized carbons (Fsp3) is 0.240. The Labute approximate surface area is 193 Å². The first-order valence-corrected chi connectivity index (χ1v) is 12.8. The van der Waals surface area contributed by atoms with Crippen LogP contribution in [0.1, 0.15) is 34.1 Å². The second-order valence-corrected chi connectivity index (χ2v) is 10.4. The molecule has 2 heterocycles. The van der Waals surface area contributed by atoms with Crippen molar-refractivity contribution in [3.8, 4) is 11.1 Å². The first-order chi connectivity index (χ1) is 15.4. The van der Waals surface area contributed by atoms with Crippen molar-refractivity contribution in [1.82, 2.24) is 4.31 Å². The number of nitrogens with zero attached hydrogens (tertiary/aromatic N) is 1. The third kappa shape index (κ3) is 4.41. The molecule has 5 nitrogen and oxygen atoms in total. The molecule has 32 heavy (non-hydrogen) atoms. The SMILES string of the molecule is CCOC(=O)c1scc(-c2ccc(C)cc2)c1S(=O)(=O)N1CC=C(c2ccccc2)CC1. The van der Waals surface area contributed by atoms with Crippen LogP contribution in [-0.2, 0) is 14.8 Å². The Balaban J connectivity index is 1.74. The van der Waals surface area contributed by atoms with Gasteiger partial charge in [0.15, 0.2) is 0 Å². The van der Waals surface area contributed by atoms with Crippen LogP contribution in [0.3, 0.4) is 0 Å². The van der Waals surface area contributed by atoms with Gasteiger partial charge >= 0.3 is 5.97 Å². The number of aryl methyl sites for hydroxylation is 1. The smallest absolute Gasteiger partial charge is 0.349 e. The maximum absolute atomic E-state index is 13.8. The van der Waals surface area contributed by atoms with Gasteiger partial charge in [-0.25, -0.2) is 13.2 Å². The predicted octanol–water partition coefficient (Wildman–Crippen LogP) is 5.38. The number of thiophene rings is 1. The fourth-order valence-corrected chi connectivity index (χ4v) is 6.81. The Bertz CT molecular complexity index is 1240. The van der Waals surface area contributed by atoms with Crippen LogP contribution in [0.25, 0.3) is 16.7 Å². The van der Waals surface area contributed by atoms with Gasteiger partial charge in [-0.1, -0.05) is 66.2 Å². The lowest BCUT2D eigenvalue weighted by molar-refractivity contribution is 0.0528. The number of carbonyl (C=O) groups excluding carboxylic acids is 1. The standard InChI is InChI=1S/C25H25NO4S2/c1-3-30-25(27)23-24(22(17-31-23)21-11-9-18(2)10-12-21)32(28,29)26-15-13-20(14-16-26)19-7-5-4-6-8-19/h4-13,17H,3,14-16H2,1-2H3. The highest BCUT2D eigenvalue weighted by Crippen LogP contribution is 2.38. The molecule has 0 amide bonds. The molecule has 2 aromatic carbocycles. The molecule has 0 unspecified atom stereocenters. The third-order valence-electron chi connectivity index (χ3n) is 5.48. The van der Waals surface area contributed by atoms with Crippen molar-refractivity contribution < 1.29 is 17.9 Å². The summed E-state index contributed by atoms with van der Waals surface area (Å²) in [5.74, 6) is -0.605. The number of rotatable bonds is 6. The molecule has 0 atom stereocenters. The number of carbonyl (C=O) groups is 1. The highest BCUT2D eigenvalue weighted by Gasteiger charge is 2.35. The van der Waals surface area contributed by atoms with Crippen LogP contribution in [0.4, 0.5) is 0 Å². The minimum Gasteiger partial charge on any atom is -0.462 e. The van der Waals surface area contributed by atoms with Crippen molar-refractivity contribution in [3.63, 3.8) is 0 Å². The van der Waals surface area contributed by atoms with Crippen molar-refractivity contribution in [2.45, 2.75) is 25.2 Å². The molecule has 0 fully saturated rings. The van der Waals surface area contributed by atoms with Gasteiger partial charge in [0.2, 0.25) is 10.0 Å². The predicted molar refractivity (Wildman–Crippen MR) is 128 cm³/mol. The van der Waals surface area contributed by atoms with Crippen molar-refractivity contribution >= 4 is 32.9 Å². The van der Waals surface area contributed by atoms with E-state index in [1.54, 1.807) is 12.3 Å². The molecular weight excluding hydrogens is 442 g/mol. The largest absolute Gasteiger partial charge is 0.462 e.